The van der Waals surface area contributed by atoms with Gasteiger partial charge < -0.3 is 4.74 Å². The highest BCUT2D eigenvalue weighted by atomic mass is 16.5. The molecule has 0 spiro atoms. The maximum absolute atomic E-state index is 5.67. The van der Waals surface area contributed by atoms with Gasteiger partial charge in [-0.25, -0.2) is 0 Å². The molecule has 0 N–H and O–H groups in total. The third-order valence-corrected chi connectivity index (χ3v) is 2.14. The Morgan fingerprint density at radius 3 is 2.80 bits per heavy atom. The van der Waals surface area contributed by atoms with Gasteiger partial charge in [-0.2, -0.15) is 0 Å². The lowest BCUT2D eigenvalue weighted by Gasteiger charge is -2.04. The fourth-order valence-electron chi connectivity index (χ4n) is 1.32. The van der Waals surface area contributed by atoms with Crippen LogP contribution >= 0.6 is 0 Å². The summed E-state index contributed by atoms with van der Waals surface area (Å²) in [6, 6.07) is 3.69. The number of hydrogen-bond donors (Lipinski definition) is 0. The van der Waals surface area contributed by atoms with Crippen molar-refractivity contribution in [2.45, 2.75) is 13.3 Å². The Bertz CT molecular complexity index is 415. The first-order chi connectivity index (χ1) is 7.34. The van der Waals surface area contributed by atoms with Gasteiger partial charge in [0.15, 0.2) is 0 Å². The molecule has 1 aliphatic carbocycles. The van der Waals surface area contributed by atoms with E-state index in [0.717, 1.165) is 17.9 Å². The van der Waals surface area contributed by atoms with Crippen LogP contribution in [-0.2, 0) is 0 Å². The third kappa shape index (κ3) is 2.81. The second kappa shape index (κ2) is 4.60. The van der Waals surface area contributed by atoms with E-state index >= 15 is 0 Å². The summed E-state index contributed by atoms with van der Waals surface area (Å²) in [5.41, 5.74) is 1.33. The SMILES string of the molecule is CC1=CC=C(Oc2ccncc2)C=CC1. The van der Waals surface area contributed by atoms with Crippen LogP contribution in [0.2, 0.25) is 0 Å². The van der Waals surface area contributed by atoms with E-state index in [1.54, 1.807) is 12.4 Å². The summed E-state index contributed by atoms with van der Waals surface area (Å²) in [6.07, 6.45) is 12.6. The van der Waals surface area contributed by atoms with E-state index in [9.17, 15) is 0 Å². The molecule has 1 aliphatic rings. The average molecular weight is 199 g/mol. The zero-order chi connectivity index (χ0) is 10.5. The summed E-state index contributed by atoms with van der Waals surface area (Å²) in [4.78, 5) is 3.94. The van der Waals surface area contributed by atoms with Gasteiger partial charge in [-0.15, -0.1) is 0 Å². The van der Waals surface area contributed by atoms with Crippen molar-refractivity contribution in [1.82, 2.24) is 4.98 Å². The van der Waals surface area contributed by atoms with Crippen LogP contribution in [-0.4, -0.2) is 4.98 Å². The van der Waals surface area contributed by atoms with Crippen LogP contribution in [0.15, 0.2) is 60.2 Å². The van der Waals surface area contributed by atoms with Crippen LogP contribution in [0.1, 0.15) is 13.3 Å². The molecule has 1 aromatic rings. The van der Waals surface area contributed by atoms with E-state index in [1.807, 2.05) is 24.3 Å². The summed E-state index contributed by atoms with van der Waals surface area (Å²) >= 11 is 0. The largest absolute Gasteiger partial charge is 0.457 e. The number of nitrogens with zero attached hydrogens (tertiary/aromatic N) is 1. The third-order valence-electron chi connectivity index (χ3n) is 2.14. The Balaban J connectivity index is 2.13. The van der Waals surface area contributed by atoms with Crippen LogP contribution in [0.3, 0.4) is 0 Å². The van der Waals surface area contributed by atoms with E-state index in [4.69, 9.17) is 4.74 Å². The molecule has 0 radical (unpaired) electrons. The first kappa shape index (κ1) is 9.71. The highest BCUT2D eigenvalue weighted by Crippen LogP contribution is 2.16. The molecule has 0 saturated heterocycles. The molecule has 2 rings (SSSR count). The Morgan fingerprint density at radius 2 is 2.00 bits per heavy atom. The molecular formula is C13H13NO. The molecule has 0 fully saturated rings. The van der Waals surface area contributed by atoms with Crippen LogP contribution in [0.5, 0.6) is 5.75 Å². The quantitative estimate of drug-likeness (QED) is 0.729. The average Bonchev–Trinajstić information content (AvgIpc) is 2.46. The summed E-state index contributed by atoms with van der Waals surface area (Å²) < 4.78 is 5.67. The zero-order valence-electron chi connectivity index (χ0n) is 8.68. The number of hydrogen-bond acceptors (Lipinski definition) is 2. The molecule has 2 heteroatoms. The summed E-state index contributed by atoms with van der Waals surface area (Å²) in [7, 11) is 0. The molecule has 0 saturated carbocycles. The van der Waals surface area contributed by atoms with Crippen LogP contribution in [0.25, 0.3) is 0 Å². The van der Waals surface area contributed by atoms with E-state index < -0.39 is 0 Å². The van der Waals surface area contributed by atoms with Crippen LogP contribution in [0.4, 0.5) is 0 Å². The minimum atomic E-state index is 0.814. The van der Waals surface area contributed by atoms with Crippen molar-refractivity contribution in [3.63, 3.8) is 0 Å². The Labute approximate surface area is 89.6 Å². The number of allylic oxidation sites excluding steroid dienone is 5. The number of pyridine rings is 1. The lowest BCUT2D eigenvalue weighted by Crippen LogP contribution is -1.91. The van der Waals surface area contributed by atoms with Crippen LogP contribution in [0, 0.1) is 0 Å². The number of ether oxygens (including phenoxy) is 1. The second-order valence-electron chi connectivity index (χ2n) is 3.47. The lowest BCUT2D eigenvalue weighted by atomic mass is 10.2. The highest BCUT2D eigenvalue weighted by Gasteiger charge is 1.98. The van der Waals surface area contributed by atoms with Crippen molar-refractivity contribution in [2.75, 3.05) is 0 Å². The normalized spacial score (nSPS) is 15.3. The van der Waals surface area contributed by atoms with Gasteiger partial charge in [0.1, 0.15) is 11.5 Å². The predicted molar refractivity (Wildman–Crippen MR) is 60.5 cm³/mol. The van der Waals surface area contributed by atoms with E-state index in [0.29, 0.717) is 0 Å². The Hall–Kier alpha value is -1.83. The number of rotatable bonds is 2. The van der Waals surface area contributed by atoms with Gasteiger partial charge in [0.2, 0.25) is 0 Å². The van der Waals surface area contributed by atoms with Crippen molar-refractivity contribution in [3.05, 3.63) is 60.2 Å². The molecule has 0 atom stereocenters. The van der Waals surface area contributed by atoms with Gasteiger partial charge in [-0.3, -0.25) is 4.98 Å². The van der Waals surface area contributed by atoms with Crippen molar-refractivity contribution in [1.29, 1.82) is 0 Å². The molecule has 0 aliphatic heterocycles. The van der Waals surface area contributed by atoms with Gasteiger partial charge in [-0.1, -0.05) is 17.7 Å². The molecule has 1 aromatic heterocycles. The minimum absolute atomic E-state index is 0.814. The van der Waals surface area contributed by atoms with Gasteiger partial charge in [0.05, 0.1) is 0 Å². The second-order valence-corrected chi connectivity index (χ2v) is 3.47. The van der Waals surface area contributed by atoms with Crippen molar-refractivity contribution in [2.24, 2.45) is 0 Å². The fraction of sp³-hybridized carbons (Fsp3) is 0.154. The molecule has 0 amide bonds. The van der Waals surface area contributed by atoms with E-state index in [1.165, 1.54) is 5.57 Å². The molecule has 2 nitrogen and oxygen atoms in total. The molecule has 0 aromatic carbocycles. The Kier molecular flexibility index (Phi) is 2.98. The molecule has 0 unspecified atom stereocenters. The van der Waals surface area contributed by atoms with Crippen LogP contribution < -0.4 is 4.74 Å². The molecule has 76 valence electrons. The minimum Gasteiger partial charge on any atom is -0.457 e. The van der Waals surface area contributed by atoms with Gasteiger partial charge >= 0.3 is 0 Å². The summed E-state index contributed by atoms with van der Waals surface area (Å²) in [6.45, 7) is 2.11. The van der Waals surface area contributed by atoms with E-state index in [-0.39, 0.29) is 0 Å². The standard InChI is InChI=1S/C13H13NO/c1-11-3-2-4-12(6-5-11)15-13-7-9-14-10-8-13/h2,4-10H,3H2,1H3. The smallest absolute Gasteiger partial charge is 0.130 e. The molecular weight excluding hydrogens is 186 g/mol. The monoisotopic (exact) mass is 199 g/mol. The van der Waals surface area contributed by atoms with Gasteiger partial charge in [0, 0.05) is 12.4 Å². The Morgan fingerprint density at radius 1 is 1.20 bits per heavy atom. The van der Waals surface area contributed by atoms with E-state index in [2.05, 4.69) is 24.1 Å². The zero-order valence-corrected chi connectivity index (χ0v) is 8.68. The van der Waals surface area contributed by atoms with Gasteiger partial charge in [-0.05, 0) is 37.6 Å². The summed E-state index contributed by atoms with van der Waals surface area (Å²) in [5.74, 6) is 1.67. The molecule has 1 heterocycles. The maximum atomic E-state index is 5.67. The summed E-state index contributed by atoms with van der Waals surface area (Å²) in [5, 5.41) is 0. The maximum Gasteiger partial charge on any atom is 0.130 e. The fourth-order valence-corrected chi connectivity index (χ4v) is 1.32. The van der Waals surface area contributed by atoms with Gasteiger partial charge in [0.25, 0.3) is 0 Å². The topological polar surface area (TPSA) is 22.1 Å². The highest BCUT2D eigenvalue weighted by molar-refractivity contribution is 5.30. The molecule has 15 heavy (non-hydrogen) atoms. The first-order valence-electron chi connectivity index (χ1n) is 4.96. The van der Waals surface area contributed by atoms with Crippen molar-refractivity contribution >= 4 is 0 Å². The predicted octanol–water partition coefficient (Wildman–Crippen LogP) is 3.25. The molecule has 0 bridgehead atoms. The van der Waals surface area contributed by atoms with Crippen molar-refractivity contribution in [3.8, 4) is 5.75 Å². The first-order valence-corrected chi connectivity index (χ1v) is 4.96. The van der Waals surface area contributed by atoms with Crippen molar-refractivity contribution < 1.29 is 4.74 Å². The lowest BCUT2D eigenvalue weighted by molar-refractivity contribution is 0.444. The number of aromatic nitrogens is 1.